The van der Waals surface area contributed by atoms with Crippen LogP contribution in [0.15, 0.2) is 146 Å². The third-order valence-corrected chi connectivity index (χ3v) is 11.4. The Bertz CT molecular complexity index is 2180. The Balaban J connectivity index is 1.50. The zero-order chi connectivity index (χ0) is 35.4. The maximum atomic E-state index is 14.7. The number of para-hydroxylation sites is 1. The van der Waals surface area contributed by atoms with Gasteiger partial charge in [-0.2, -0.15) is 5.26 Å². The number of rotatable bonds is 10. The molecule has 0 saturated carbocycles. The standard InChI is InChI=1S/C41H31N3O5S2/c1-48-39(46)34-26-35(51(47)49-33-20-12-5-13-21-33)41(31-16-8-3-9-17-31,32-18-10-4-11-19-32)44(34)40-43-36(29-14-6-2-7-15-29)38(50-40)37(45)30-24-22-28(27-42)23-25-30/h2-25,34-35H,26H2,1H3/t34-,35-,51?/m1/s1. The molecule has 2 heterocycles. The van der Waals surface area contributed by atoms with Crippen LogP contribution in [0.2, 0.25) is 0 Å². The minimum Gasteiger partial charge on any atom is -0.467 e. The van der Waals surface area contributed by atoms with Gasteiger partial charge in [-0.05, 0) is 53.9 Å². The van der Waals surface area contributed by atoms with Crippen molar-refractivity contribution in [3.05, 3.63) is 173 Å². The molecule has 0 radical (unpaired) electrons. The summed E-state index contributed by atoms with van der Waals surface area (Å²) in [7, 11) is 1.33. The summed E-state index contributed by atoms with van der Waals surface area (Å²) in [4.78, 5) is 35.6. The van der Waals surface area contributed by atoms with Crippen molar-refractivity contribution in [1.29, 1.82) is 5.26 Å². The molecule has 252 valence electrons. The lowest BCUT2D eigenvalue weighted by atomic mass is 9.80. The summed E-state index contributed by atoms with van der Waals surface area (Å²) in [6.45, 7) is 0. The van der Waals surface area contributed by atoms with Crippen LogP contribution in [0, 0.1) is 11.3 Å². The van der Waals surface area contributed by atoms with Gasteiger partial charge in [-0.15, -0.1) is 0 Å². The van der Waals surface area contributed by atoms with Gasteiger partial charge in [-0.25, -0.2) is 14.0 Å². The van der Waals surface area contributed by atoms with Gasteiger partial charge in [0.25, 0.3) is 0 Å². The second-order valence-electron chi connectivity index (χ2n) is 11.8. The molecule has 0 bridgehead atoms. The zero-order valence-electron chi connectivity index (χ0n) is 27.4. The second-order valence-corrected chi connectivity index (χ2v) is 14.1. The summed E-state index contributed by atoms with van der Waals surface area (Å²) < 4.78 is 26.2. The fraction of sp³-hybridized carbons (Fsp3) is 0.122. The molecule has 6 aromatic rings. The van der Waals surface area contributed by atoms with Crippen LogP contribution >= 0.6 is 11.3 Å². The molecule has 7 rings (SSSR count). The third-order valence-electron chi connectivity index (χ3n) is 9.00. The van der Waals surface area contributed by atoms with E-state index in [2.05, 4.69) is 6.07 Å². The van der Waals surface area contributed by atoms with Gasteiger partial charge in [-0.3, -0.25) is 4.79 Å². The molecule has 10 heteroatoms. The third kappa shape index (κ3) is 6.22. The van der Waals surface area contributed by atoms with Crippen molar-refractivity contribution in [2.24, 2.45) is 0 Å². The number of anilines is 1. The Labute approximate surface area is 302 Å². The van der Waals surface area contributed by atoms with E-state index in [4.69, 9.17) is 13.9 Å². The minimum atomic E-state index is -1.99. The fourth-order valence-corrected chi connectivity index (χ4v) is 9.31. The van der Waals surface area contributed by atoms with Crippen LogP contribution in [0.25, 0.3) is 11.3 Å². The highest BCUT2D eigenvalue weighted by molar-refractivity contribution is 7.81. The Kier molecular flexibility index (Phi) is 9.57. The van der Waals surface area contributed by atoms with Crippen LogP contribution in [0.5, 0.6) is 5.75 Å². The molecule has 0 amide bonds. The number of carbonyl (C=O) groups is 2. The number of hydrogen-bond donors (Lipinski definition) is 0. The van der Waals surface area contributed by atoms with Crippen LogP contribution in [-0.4, -0.2) is 39.3 Å². The largest absolute Gasteiger partial charge is 0.467 e. The molecule has 5 aromatic carbocycles. The first kappa shape index (κ1) is 33.6. The molecular weight excluding hydrogens is 679 g/mol. The average molecular weight is 710 g/mol. The number of benzene rings is 5. The van der Waals surface area contributed by atoms with Gasteiger partial charge < -0.3 is 13.8 Å². The van der Waals surface area contributed by atoms with E-state index < -0.39 is 33.9 Å². The van der Waals surface area contributed by atoms with Crippen molar-refractivity contribution in [3.63, 3.8) is 0 Å². The number of nitrogens with zero attached hydrogens (tertiary/aromatic N) is 3. The van der Waals surface area contributed by atoms with E-state index in [1.165, 1.54) is 7.11 Å². The summed E-state index contributed by atoms with van der Waals surface area (Å²) in [5.74, 6) is -0.398. The molecule has 0 N–H and O–H groups in total. The Morgan fingerprint density at radius 3 is 1.92 bits per heavy atom. The first-order valence-corrected chi connectivity index (χ1v) is 18.1. The van der Waals surface area contributed by atoms with Crippen LogP contribution in [-0.2, 0) is 26.2 Å². The summed E-state index contributed by atoms with van der Waals surface area (Å²) in [5.41, 5.74) is 2.21. The molecule has 0 spiro atoms. The molecule has 1 aromatic heterocycles. The predicted octanol–water partition coefficient (Wildman–Crippen LogP) is 7.72. The topological polar surface area (TPSA) is 110 Å². The molecule has 51 heavy (non-hydrogen) atoms. The van der Waals surface area contributed by atoms with E-state index in [0.717, 1.165) is 22.5 Å². The number of methoxy groups -OCH3 is 1. The van der Waals surface area contributed by atoms with Crippen LogP contribution in [0.4, 0.5) is 5.13 Å². The quantitative estimate of drug-likeness (QED) is 0.105. The van der Waals surface area contributed by atoms with E-state index in [1.54, 1.807) is 48.5 Å². The number of ketones is 1. The van der Waals surface area contributed by atoms with Gasteiger partial charge in [0.1, 0.15) is 27.5 Å². The Hall–Kier alpha value is -5.89. The molecule has 0 aliphatic carbocycles. The van der Waals surface area contributed by atoms with Crippen molar-refractivity contribution in [3.8, 4) is 23.1 Å². The number of thiazole rings is 1. The first-order valence-electron chi connectivity index (χ1n) is 16.2. The Morgan fingerprint density at radius 2 is 1.37 bits per heavy atom. The lowest BCUT2D eigenvalue weighted by molar-refractivity contribution is -0.142. The fourth-order valence-electron chi connectivity index (χ4n) is 6.73. The zero-order valence-corrected chi connectivity index (χ0v) is 29.1. The highest BCUT2D eigenvalue weighted by atomic mass is 32.2. The SMILES string of the molecule is COC(=O)[C@H]1C[C@@H](S(=O)Oc2ccccc2)C(c2ccccc2)(c2ccccc2)N1c1nc(-c2ccccc2)c(C(=O)c2ccc(C#N)cc2)s1. The first-order chi connectivity index (χ1) is 24.9. The Morgan fingerprint density at radius 1 is 0.824 bits per heavy atom. The van der Waals surface area contributed by atoms with Crippen LogP contribution in [0.3, 0.4) is 0 Å². The molecule has 8 nitrogen and oxygen atoms in total. The predicted molar refractivity (Wildman–Crippen MR) is 198 cm³/mol. The smallest absolute Gasteiger partial charge is 0.328 e. The number of carbonyl (C=O) groups excluding carboxylic acids is 2. The number of nitriles is 1. The van der Waals surface area contributed by atoms with Crippen molar-refractivity contribution in [2.45, 2.75) is 23.3 Å². The number of ether oxygens (including phenoxy) is 1. The number of hydrogen-bond acceptors (Lipinski definition) is 9. The maximum absolute atomic E-state index is 14.7. The summed E-state index contributed by atoms with van der Waals surface area (Å²) in [6.07, 6.45) is 0.0923. The molecule has 1 saturated heterocycles. The van der Waals surface area contributed by atoms with Crippen molar-refractivity contribution in [1.82, 2.24) is 4.98 Å². The summed E-state index contributed by atoms with van der Waals surface area (Å²) >= 11 is -0.834. The lowest BCUT2D eigenvalue weighted by Crippen LogP contribution is -2.53. The highest BCUT2D eigenvalue weighted by Crippen LogP contribution is 2.53. The summed E-state index contributed by atoms with van der Waals surface area (Å²) in [5, 5.41) is 8.91. The molecule has 1 aliphatic rings. The number of aromatic nitrogens is 1. The lowest BCUT2D eigenvalue weighted by Gasteiger charge is -2.43. The van der Waals surface area contributed by atoms with Gasteiger partial charge >= 0.3 is 5.97 Å². The van der Waals surface area contributed by atoms with Gasteiger partial charge in [0, 0.05) is 11.1 Å². The number of esters is 1. The van der Waals surface area contributed by atoms with Gasteiger partial charge in [0.05, 0.1) is 24.4 Å². The van der Waals surface area contributed by atoms with E-state index in [9.17, 15) is 19.1 Å². The van der Waals surface area contributed by atoms with E-state index >= 15 is 0 Å². The van der Waals surface area contributed by atoms with Gasteiger partial charge in [-0.1, -0.05) is 121 Å². The van der Waals surface area contributed by atoms with E-state index in [-0.39, 0.29) is 12.2 Å². The highest BCUT2D eigenvalue weighted by Gasteiger charge is 2.62. The average Bonchev–Trinajstić information content (AvgIpc) is 3.80. The monoisotopic (exact) mass is 709 g/mol. The van der Waals surface area contributed by atoms with Crippen LogP contribution in [0.1, 0.15) is 38.3 Å². The minimum absolute atomic E-state index is 0.0923. The summed E-state index contributed by atoms with van der Waals surface area (Å²) in [6, 6.07) is 45.1. The molecule has 1 unspecified atom stereocenters. The van der Waals surface area contributed by atoms with Crippen molar-refractivity contribution < 1.29 is 22.7 Å². The second kappa shape index (κ2) is 14.5. The molecule has 1 fully saturated rings. The van der Waals surface area contributed by atoms with Gasteiger partial charge in [0.15, 0.2) is 5.13 Å². The maximum Gasteiger partial charge on any atom is 0.328 e. The normalized spacial score (nSPS) is 16.9. The molecule has 1 aliphatic heterocycles. The van der Waals surface area contributed by atoms with Crippen LogP contribution < -0.4 is 9.08 Å². The van der Waals surface area contributed by atoms with Crippen molar-refractivity contribution in [2.75, 3.05) is 12.0 Å². The van der Waals surface area contributed by atoms with E-state index in [1.807, 2.05) is 102 Å². The molecule has 3 atom stereocenters. The van der Waals surface area contributed by atoms with E-state index in [0.29, 0.717) is 38.1 Å². The molecular formula is C41H31N3O5S2. The van der Waals surface area contributed by atoms with Gasteiger partial charge in [0.2, 0.25) is 16.9 Å². The van der Waals surface area contributed by atoms with Crippen molar-refractivity contribution >= 4 is 39.3 Å².